The molecule has 0 fully saturated rings. The van der Waals surface area contributed by atoms with E-state index in [-0.39, 0.29) is 29.6 Å². The first-order valence-electron chi connectivity index (χ1n) is 2.11. The first-order chi connectivity index (χ1) is 3.50. The molecule has 0 unspecified atom stereocenters. The Labute approximate surface area is 78.1 Å². The Hall–Kier alpha value is 0.870. The van der Waals surface area contributed by atoms with Crippen LogP contribution in [-0.2, 0) is 10.2 Å². The molecule has 0 aliphatic rings. The van der Waals surface area contributed by atoms with Crippen LogP contribution in [0.5, 0.6) is 0 Å². The van der Waals surface area contributed by atoms with Crippen molar-refractivity contribution < 1.29 is 8.42 Å². The molecule has 0 aromatic carbocycles. The van der Waals surface area contributed by atoms with E-state index in [2.05, 4.69) is 4.72 Å². The van der Waals surface area contributed by atoms with E-state index >= 15 is 0 Å². The fraction of sp³-hybridized carbons (Fsp3) is 1.00. The van der Waals surface area contributed by atoms with Gasteiger partial charge < -0.3 is 0 Å². The van der Waals surface area contributed by atoms with Crippen LogP contribution < -0.4 is 4.72 Å². The fourth-order valence-electron chi connectivity index (χ4n) is 0.183. The predicted octanol–water partition coefficient (Wildman–Crippen LogP) is -1.64. The van der Waals surface area contributed by atoms with Crippen molar-refractivity contribution >= 4 is 39.8 Å². The van der Waals surface area contributed by atoms with Gasteiger partial charge in [-0.15, -0.1) is 0 Å². The van der Waals surface area contributed by atoms with Crippen LogP contribution in [0.15, 0.2) is 0 Å². The summed E-state index contributed by atoms with van der Waals surface area (Å²) in [6, 6.07) is 0. The van der Waals surface area contributed by atoms with Gasteiger partial charge in [-0.3, -0.25) is 0 Å². The molecule has 0 heterocycles. The maximum atomic E-state index is 10.5. The summed E-state index contributed by atoms with van der Waals surface area (Å²) in [5, 5.41) is 0. The minimum absolute atomic E-state index is 0. The van der Waals surface area contributed by atoms with E-state index in [1.54, 1.807) is 0 Å². The molecule has 0 saturated heterocycles. The van der Waals surface area contributed by atoms with Gasteiger partial charge in [0.05, 0.1) is 0 Å². The molecule has 0 saturated carbocycles. The number of rotatable bonds is 2. The molecule has 0 aromatic rings. The van der Waals surface area contributed by atoms with Crippen molar-refractivity contribution in [2.24, 2.45) is 0 Å². The minimum atomic E-state index is -3.15. The van der Waals surface area contributed by atoms with Crippen molar-refractivity contribution in [1.82, 2.24) is 9.03 Å². The second kappa shape index (κ2) is 4.65. The quantitative estimate of drug-likeness (QED) is 0.495. The molecule has 0 bridgehead atoms. The van der Waals surface area contributed by atoms with Crippen LogP contribution in [0.2, 0.25) is 0 Å². The van der Waals surface area contributed by atoms with Crippen molar-refractivity contribution in [3.8, 4) is 0 Å². The van der Waals surface area contributed by atoms with Gasteiger partial charge in [-0.25, -0.2) is 4.72 Å². The second-order valence-corrected chi connectivity index (χ2v) is 3.58. The van der Waals surface area contributed by atoms with Crippen molar-refractivity contribution in [2.75, 3.05) is 21.1 Å². The SMILES string of the molecule is CNS(=O)(=O)N(C)C.[NaH]. The van der Waals surface area contributed by atoms with Crippen LogP contribution in [0.3, 0.4) is 0 Å². The van der Waals surface area contributed by atoms with Gasteiger partial charge in [0, 0.05) is 21.1 Å². The predicted molar refractivity (Wildman–Crippen MR) is 38.8 cm³/mol. The summed E-state index contributed by atoms with van der Waals surface area (Å²) in [6.45, 7) is 0. The molecule has 0 atom stereocenters. The first kappa shape index (κ1) is 12.5. The van der Waals surface area contributed by atoms with Crippen molar-refractivity contribution in [3.05, 3.63) is 0 Å². The number of hydrogen-bond donors (Lipinski definition) is 1. The third kappa shape index (κ3) is 4.30. The van der Waals surface area contributed by atoms with Gasteiger partial charge in [-0.1, -0.05) is 0 Å². The molecule has 0 aliphatic heterocycles. The average Bonchev–Trinajstić information content (AvgIpc) is 1.67. The normalized spacial score (nSPS) is 11.1. The summed E-state index contributed by atoms with van der Waals surface area (Å²) in [4.78, 5) is 0. The molecule has 0 rings (SSSR count). The second-order valence-electron chi connectivity index (χ2n) is 1.49. The Bertz CT molecular complexity index is 153. The Morgan fingerprint density at radius 1 is 1.33 bits per heavy atom. The first-order valence-corrected chi connectivity index (χ1v) is 3.55. The van der Waals surface area contributed by atoms with Crippen LogP contribution in [0.25, 0.3) is 0 Å². The van der Waals surface area contributed by atoms with Gasteiger partial charge in [0.1, 0.15) is 0 Å². The van der Waals surface area contributed by atoms with Gasteiger partial charge in [0.15, 0.2) is 0 Å². The molecule has 1 N–H and O–H groups in total. The molecule has 0 radical (unpaired) electrons. The summed E-state index contributed by atoms with van der Waals surface area (Å²) in [6.07, 6.45) is 0. The maximum absolute atomic E-state index is 10.5. The molecule has 4 nitrogen and oxygen atoms in total. The Balaban J connectivity index is 0. The van der Waals surface area contributed by atoms with E-state index in [4.69, 9.17) is 0 Å². The van der Waals surface area contributed by atoms with Gasteiger partial charge in [0.25, 0.3) is 10.2 Å². The summed E-state index contributed by atoms with van der Waals surface area (Å²) in [7, 11) is 1.15. The Morgan fingerprint density at radius 2 is 1.67 bits per heavy atom. The number of nitrogens with zero attached hydrogens (tertiary/aromatic N) is 1. The zero-order valence-electron chi connectivity index (χ0n) is 5.17. The molecular weight excluding hydrogens is 151 g/mol. The summed E-state index contributed by atoms with van der Waals surface area (Å²) >= 11 is 0. The van der Waals surface area contributed by atoms with Crippen LogP contribution in [-0.4, -0.2) is 63.4 Å². The van der Waals surface area contributed by atoms with Crippen LogP contribution in [0.4, 0.5) is 0 Å². The molecule has 0 spiro atoms. The molecule has 0 aliphatic carbocycles. The van der Waals surface area contributed by atoms with Gasteiger partial charge in [-0.05, 0) is 0 Å². The van der Waals surface area contributed by atoms with E-state index in [0.717, 1.165) is 4.31 Å². The summed E-state index contributed by atoms with van der Waals surface area (Å²) in [5.41, 5.74) is 0. The van der Waals surface area contributed by atoms with Crippen LogP contribution >= 0.6 is 0 Å². The van der Waals surface area contributed by atoms with Crippen molar-refractivity contribution in [1.29, 1.82) is 0 Å². The van der Waals surface area contributed by atoms with E-state index < -0.39 is 10.2 Å². The molecule has 6 heteroatoms. The van der Waals surface area contributed by atoms with Crippen LogP contribution in [0.1, 0.15) is 0 Å². The van der Waals surface area contributed by atoms with E-state index in [1.165, 1.54) is 21.1 Å². The third-order valence-corrected chi connectivity index (χ3v) is 2.22. The summed E-state index contributed by atoms with van der Waals surface area (Å²) < 4.78 is 24.3. The van der Waals surface area contributed by atoms with E-state index in [0.29, 0.717) is 0 Å². The van der Waals surface area contributed by atoms with Crippen molar-refractivity contribution in [2.45, 2.75) is 0 Å². The Morgan fingerprint density at radius 3 is 1.67 bits per heavy atom. The number of hydrogen-bond acceptors (Lipinski definition) is 2. The Kier molecular flexibility index (Phi) is 6.48. The molecule has 52 valence electrons. The van der Waals surface area contributed by atoms with Crippen LogP contribution in [0, 0.1) is 0 Å². The zero-order valence-corrected chi connectivity index (χ0v) is 5.99. The topological polar surface area (TPSA) is 49.4 Å². The third-order valence-electron chi connectivity index (χ3n) is 0.739. The van der Waals surface area contributed by atoms with Gasteiger partial charge >= 0.3 is 29.6 Å². The van der Waals surface area contributed by atoms with E-state index in [9.17, 15) is 8.42 Å². The van der Waals surface area contributed by atoms with Gasteiger partial charge in [-0.2, -0.15) is 12.7 Å². The monoisotopic (exact) mass is 162 g/mol. The zero-order chi connectivity index (χ0) is 6.78. The molecule has 0 amide bonds. The van der Waals surface area contributed by atoms with E-state index in [1.807, 2.05) is 0 Å². The molecule has 0 aromatic heterocycles. The molecule has 9 heavy (non-hydrogen) atoms. The standard InChI is InChI=1S/C3H10N2O2S.Na.H/c1-4-8(6,7)5(2)3;;/h4H,1-3H3;;. The fourth-order valence-corrected chi connectivity index (χ4v) is 0.548. The molecular formula is C3H11N2NaO2S. The van der Waals surface area contributed by atoms with Gasteiger partial charge in [0.2, 0.25) is 0 Å². The average molecular weight is 162 g/mol. The number of nitrogens with one attached hydrogen (secondary N) is 1. The van der Waals surface area contributed by atoms with Crippen molar-refractivity contribution in [3.63, 3.8) is 0 Å². The summed E-state index contributed by atoms with van der Waals surface area (Å²) in [5.74, 6) is 0.